The van der Waals surface area contributed by atoms with E-state index in [-0.39, 0.29) is 11.5 Å². The first-order chi connectivity index (χ1) is 11.9. The van der Waals surface area contributed by atoms with Crippen LogP contribution in [0.2, 0.25) is 0 Å². The lowest BCUT2D eigenvalue weighted by Crippen LogP contribution is -2.23. The predicted octanol–water partition coefficient (Wildman–Crippen LogP) is 3.72. The molecule has 25 heavy (non-hydrogen) atoms. The molecule has 6 nitrogen and oxygen atoms in total. The highest BCUT2D eigenvalue weighted by atomic mass is 16.5. The predicted molar refractivity (Wildman–Crippen MR) is 94.9 cm³/mol. The quantitative estimate of drug-likeness (QED) is 0.823. The van der Waals surface area contributed by atoms with Gasteiger partial charge in [-0.1, -0.05) is 32.0 Å². The van der Waals surface area contributed by atoms with Crippen molar-refractivity contribution in [3.05, 3.63) is 35.5 Å². The molecule has 1 aromatic carbocycles. The normalized spacial score (nSPS) is 18.5. The van der Waals surface area contributed by atoms with E-state index >= 15 is 0 Å². The summed E-state index contributed by atoms with van der Waals surface area (Å²) in [4.78, 5) is 6.95. The van der Waals surface area contributed by atoms with Crippen molar-refractivity contribution in [1.29, 1.82) is 0 Å². The van der Waals surface area contributed by atoms with E-state index in [4.69, 9.17) is 14.0 Å². The van der Waals surface area contributed by atoms with Crippen LogP contribution in [0.5, 0.6) is 11.5 Å². The van der Waals surface area contributed by atoms with Crippen LogP contribution in [0.4, 0.5) is 0 Å². The zero-order valence-electron chi connectivity index (χ0n) is 15.7. The van der Waals surface area contributed by atoms with Crippen molar-refractivity contribution in [2.75, 3.05) is 20.8 Å². The molecule has 1 aliphatic heterocycles. The van der Waals surface area contributed by atoms with Crippen LogP contribution in [0.15, 0.2) is 22.7 Å². The van der Waals surface area contributed by atoms with E-state index in [1.807, 2.05) is 12.1 Å². The third-order valence-electron chi connectivity index (χ3n) is 4.64. The molecule has 0 spiro atoms. The number of benzene rings is 1. The van der Waals surface area contributed by atoms with E-state index in [9.17, 15) is 0 Å². The van der Waals surface area contributed by atoms with Crippen LogP contribution in [0, 0.1) is 0 Å². The fraction of sp³-hybridized carbons (Fsp3) is 0.579. The molecule has 2 aromatic rings. The zero-order valence-corrected chi connectivity index (χ0v) is 15.7. The van der Waals surface area contributed by atoms with Gasteiger partial charge >= 0.3 is 0 Å². The molecule has 0 aliphatic carbocycles. The topological polar surface area (TPSA) is 60.6 Å². The molecule has 1 atom stereocenters. The molecule has 0 amide bonds. The molecule has 6 heteroatoms. The average molecular weight is 345 g/mol. The minimum absolute atomic E-state index is 0.106. The number of hydrogen-bond donors (Lipinski definition) is 0. The van der Waals surface area contributed by atoms with Crippen LogP contribution < -0.4 is 9.47 Å². The van der Waals surface area contributed by atoms with Gasteiger partial charge in [0.2, 0.25) is 5.89 Å². The summed E-state index contributed by atoms with van der Waals surface area (Å²) in [7, 11) is 3.36. The number of hydrogen-bond acceptors (Lipinski definition) is 6. The molecule has 1 fully saturated rings. The monoisotopic (exact) mass is 345 g/mol. The molecule has 0 bridgehead atoms. The SMILES string of the molecule is COc1ccc([C@@H]2CCCN2Cc2nc(C(C)(C)C)no2)c(OC)c1. The van der Waals surface area contributed by atoms with E-state index in [1.54, 1.807) is 14.2 Å². The van der Waals surface area contributed by atoms with E-state index in [1.165, 1.54) is 5.56 Å². The van der Waals surface area contributed by atoms with Crippen molar-refractivity contribution < 1.29 is 14.0 Å². The Labute approximate surface area is 149 Å². The Morgan fingerprint density at radius 3 is 2.68 bits per heavy atom. The second-order valence-electron chi connectivity index (χ2n) is 7.50. The fourth-order valence-corrected chi connectivity index (χ4v) is 3.26. The molecular formula is C19H27N3O3. The minimum Gasteiger partial charge on any atom is -0.497 e. The smallest absolute Gasteiger partial charge is 0.240 e. The van der Waals surface area contributed by atoms with Gasteiger partial charge in [0.1, 0.15) is 11.5 Å². The first-order valence-electron chi connectivity index (χ1n) is 8.71. The number of nitrogens with zero attached hydrogens (tertiary/aromatic N) is 3. The van der Waals surface area contributed by atoms with Gasteiger partial charge in [-0.3, -0.25) is 4.90 Å². The number of likely N-dealkylation sites (tertiary alicyclic amines) is 1. The van der Waals surface area contributed by atoms with E-state index in [0.717, 1.165) is 36.7 Å². The maximum atomic E-state index is 5.59. The Morgan fingerprint density at radius 2 is 2.04 bits per heavy atom. The van der Waals surface area contributed by atoms with Gasteiger partial charge in [-0.2, -0.15) is 4.98 Å². The summed E-state index contributed by atoms with van der Waals surface area (Å²) >= 11 is 0. The van der Waals surface area contributed by atoms with Crippen molar-refractivity contribution in [1.82, 2.24) is 15.0 Å². The Hall–Kier alpha value is -2.08. The zero-order chi connectivity index (χ0) is 18.0. The van der Waals surface area contributed by atoms with E-state index in [0.29, 0.717) is 12.4 Å². The summed E-state index contributed by atoms with van der Waals surface area (Å²) < 4.78 is 16.4. The van der Waals surface area contributed by atoms with Crippen molar-refractivity contribution in [2.24, 2.45) is 0 Å². The largest absolute Gasteiger partial charge is 0.497 e. The van der Waals surface area contributed by atoms with Crippen molar-refractivity contribution in [2.45, 2.75) is 51.6 Å². The van der Waals surface area contributed by atoms with Gasteiger partial charge in [0.05, 0.1) is 20.8 Å². The maximum Gasteiger partial charge on any atom is 0.240 e. The Kier molecular flexibility index (Phi) is 4.99. The highest BCUT2D eigenvalue weighted by Gasteiger charge is 2.30. The van der Waals surface area contributed by atoms with E-state index in [2.05, 4.69) is 41.9 Å². The van der Waals surface area contributed by atoms with Crippen LogP contribution in [-0.2, 0) is 12.0 Å². The van der Waals surface area contributed by atoms with Gasteiger partial charge in [0.25, 0.3) is 0 Å². The standard InChI is InChI=1S/C19H27N3O3/c1-19(2,3)18-20-17(25-21-18)12-22-10-6-7-15(22)14-9-8-13(23-4)11-16(14)24-5/h8-9,11,15H,6-7,10,12H2,1-5H3/t15-/m0/s1. The molecule has 1 saturated heterocycles. The molecule has 0 unspecified atom stereocenters. The number of ether oxygens (including phenoxy) is 2. The Bertz CT molecular complexity index is 721. The van der Waals surface area contributed by atoms with Gasteiger partial charge in [-0.15, -0.1) is 0 Å². The summed E-state index contributed by atoms with van der Waals surface area (Å²) in [5.41, 5.74) is 1.07. The van der Waals surface area contributed by atoms with Gasteiger partial charge in [0.15, 0.2) is 5.82 Å². The van der Waals surface area contributed by atoms with Gasteiger partial charge in [0, 0.05) is 23.1 Å². The van der Waals surface area contributed by atoms with Gasteiger partial charge in [-0.25, -0.2) is 0 Å². The van der Waals surface area contributed by atoms with Gasteiger partial charge < -0.3 is 14.0 Å². The maximum absolute atomic E-state index is 5.59. The molecular weight excluding hydrogens is 318 g/mol. The average Bonchev–Trinajstić information content (AvgIpc) is 3.24. The Balaban J connectivity index is 1.80. The summed E-state index contributed by atoms with van der Waals surface area (Å²) in [6, 6.07) is 6.30. The number of aromatic nitrogens is 2. The molecule has 0 N–H and O–H groups in total. The lowest BCUT2D eigenvalue weighted by atomic mass is 9.96. The molecule has 0 saturated carbocycles. The van der Waals surface area contributed by atoms with Crippen LogP contribution >= 0.6 is 0 Å². The molecule has 3 rings (SSSR count). The minimum atomic E-state index is -0.106. The highest BCUT2D eigenvalue weighted by molar-refractivity contribution is 5.42. The van der Waals surface area contributed by atoms with Crippen LogP contribution in [0.3, 0.4) is 0 Å². The molecule has 1 aromatic heterocycles. The number of rotatable bonds is 5. The number of methoxy groups -OCH3 is 2. The summed E-state index contributed by atoms with van der Waals surface area (Å²) in [6.07, 6.45) is 2.23. The van der Waals surface area contributed by atoms with Gasteiger partial charge in [-0.05, 0) is 25.5 Å². The van der Waals surface area contributed by atoms with Crippen molar-refractivity contribution >= 4 is 0 Å². The lowest BCUT2D eigenvalue weighted by Gasteiger charge is -2.25. The summed E-state index contributed by atoms with van der Waals surface area (Å²) in [5.74, 6) is 3.08. The van der Waals surface area contributed by atoms with Crippen LogP contribution in [0.25, 0.3) is 0 Å². The second kappa shape index (κ2) is 7.04. The summed E-state index contributed by atoms with van der Waals surface area (Å²) in [6.45, 7) is 7.92. The first-order valence-corrected chi connectivity index (χ1v) is 8.71. The third kappa shape index (κ3) is 3.79. The van der Waals surface area contributed by atoms with Crippen LogP contribution in [-0.4, -0.2) is 35.8 Å². The van der Waals surface area contributed by atoms with E-state index < -0.39 is 0 Å². The highest BCUT2D eigenvalue weighted by Crippen LogP contribution is 2.39. The first kappa shape index (κ1) is 17.7. The third-order valence-corrected chi connectivity index (χ3v) is 4.64. The molecule has 1 aliphatic rings. The molecule has 136 valence electrons. The van der Waals surface area contributed by atoms with Crippen molar-refractivity contribution in [3.63, 3.8) is 0 Å². The molecule has 0 radical (unpaired) electrons. The lowest BCUT2D eigenvalue weighted by molar-refractivity contribution is 0.208. The summed E-state index contributed by atoms with van der Waals surface area (Å²) in [5, 5.41) is 4.13. The van der Waals surface area contributed by atoms with Crippen molar-refractivity contribution in [3.8, 4) is 11.5 Å². The Morgan fingerprint density at radius 1 is 1.24 bits per heavy atom. The second-order valence-corrected chi connectivity index (χ2v) is 7.50. The fourth-order valence-electron chi connectivity index (χ4n) is 3.26. The van der Waals surface area contributed by atoms with Crippen LogP contribution in [0.1, 0.15) is 56.9 Å². The molecule has 2 heterocycles.